The van der Waals surface area contributed by atoms with Crippen LogP contribution in [0.3, 0.4) is 0 Å². The van der Waals surface area contributed by atoms with Crippen LogP contribution >= 0.6 is 0 Å². The smallest absolute Gasteiger partial charge is 0.0142 e. The van der Waals surface area contributed by atoms with E-state index in [0.717, 1.165) is 5.92 Å². The van der Waals surface area contributed by atoms with Gasteiger partial charge in [-0.1, -0.05) is 67.5 Å². The van der Waals surface area contributed by atoms with E-state index in [1.165, 1.54) is 44.1 Å². The molecule has 1 unspecified atom stereocenters. The molecule has 1 aromatic rings. The molecule has 1 aromatic carbocycles. The molecule has 0 N–H and O–H groups in total. The Morgan fingerprint density at radius 1 is 1.10 bits per heavy atom. The first-order valence-corrected chi connectivity index (χ1v) is 8.10. The Hall–Kier alpha value is -1.30. The van der Waals surface area contributed by atoms with Crippen molar-refractivity contribution in [3.05, 3.63) is 53.1 Å². The molecule has 2 aliphatic carbocycles. The lowest BCUT2D eigenvalue weighted by atomic mass is 9.66. The van der Waals surface area contributed by atoms with Gasteiger partial charge in [-0.2, -0.15) is 0 Å². The lowest BCUT2D eigenvalue weighted by molar-refractivity contribution is 0.320. The predicted molar refractivity (Wildman–Crippen MR) is 87.5 cm³/mol. The Morgan fingerprint density at radius 3 is 2.70 bits per heavy atom. The average molecular weight is 266 g/mol. The fourth-order valence-electron chi connectivity index (χ4n) is 3.92. The average Bonchev–Trinajstić information content (AvgIpc) is 2.46. The summed E-state index contributed by atoms with van der Waals surface area (Å²) in [6.45, 7) is 4.90. The van der Waals surface area contributed by atoms with Gasteiger partial charge in [0.15, 0.2) is 0 Å². The van der Waals surface area contributed by atoms with Crippen LogP contribution in [0.4, 0.5) is 0 Å². The standard InChI is InChI=1S/C20H26/c1-20(2)14-6-9-18-13-12-17(15-19(18)20)11-10-16-7-4-3-5-8-16/h3-5,7-8,10-11,17H,6,9,12-15H2,1-2H3. The molecular formula is C20H26. The Bertz CT molecular complexity index is 516. The zero-order valence-electron chi connectivity index (χ0n) is 12.9. The van der Waals surface area contributed by atoms with E-state index in [9.17, 15) is 0 Å². The van der Waals surface area contributed by atoms with Crippen molar-refractivity contribution < 1.29 is 0 Å². The first kappa shape index (κ1) is 13.7. The highest BCUT2D eigenvalue weighted by Gasteiger charge is 2.33. The van der Waals surface area contributed by atoms with Gasteiger partial charge in [0, 0.05) is 0 Å². The zero-order valence-corrected chi connectivity index (χ0v) is 12.9. The summed E-state index contributed by atoms with van der Waals surface area (Å²) in [6, 6.07) is 10.7. The second kappa shape index (κ2) is 5.60. The van der Waals surface area contributed by atoms with Crippen molar-refractivity contribution >= 4 is 6.08 Å². The summed E-state index contributed by atoms with van der Waals surface area (Å²) < 4.78 is 0. The highest BCUT2D eigenvalue weighted by molar-refractivity contribution is 5.49. The molecule has 1 atom stereocenters. The van der Waals surface area contributed by atoms with E-state index >= 15 is 0 Å². The third-order valence-corrected chi connectivity index (χ3v) is 5.17. The van der Waals surface area contributed by atoms with Crippen LogP contribution in [0.1, 0.15) is 57.9 Å². The van der Waals surface area contributed by atoms with Crippen molar-refractivity contribution in [2.45, 2.75) is 52.4 Å². The molecule has 0 spiro atoms. The molecule has 0 fully saturated rings. The molecule has 0 bridgehead atoms. The minimum absolute atomic E-state index is 0.451. The number of hydrogen-bond acceptors (Lipinski definition) is 0. The van der Waals surface area contributed by atoms with Gasteiger partial charge in [-0.05, 0) is 55.4 Å². The maximum absolute atomic E-state index is 2.45. The van der Waals surface area contributed by atoms with Crippen molar-refractivity contribution in [2.75, 3.05) is 0 Å². The van der Waals surface area contributed by atoms with Gasteiger partial charge in [0.1, 0.15) is 0 Å². The van der Waals surface area contributed by atoms with Gasteiger partial charge in [-0.3, -0.25) is 0 Å². The molecular weight excluding hydrogens is 240 g/mol. The summed E-state index contributed by atoms with van der Waals surface area (Å²) in [5.41, 5.74) is 5.37. The normalized spacial score (nSPS) is 25.8. The summed E-state index contributed by atoms with van der Waals surface area (Å²) in [5.74, 6) is 0.742. The summed E-state index contributed by atoms with van der Waals surface area (Å²) in [7, 11) is 0. The van der Waals surface area contributed by atoms with Crippen LogP contribution < -0.4 is 0 Å². The van der Waals surface area contributed by atoms with E-state index < -0.39 is 0 Å². The van der Waals surface area contributed by atoms with E-state index in [1.54, 1.807) is 11.1 Å². The zero-order chi connectivity index (χ0) is 14.0. The second-order valence-corrected chi connectivity index (χ2v) is 7.09. The molecule has 0 heterocycles. The summed E-state index contributed by atoms with van der Waals surface area (Å²) in [6.07, 6.45) is 12.9. The second-order valence-electron chi connectivity index (χ2n) is 7.09. The Kier molecular flexibility index (Phi) is 3.83. The molecule has 0 nitrogen and oxygen atoms in total. The van der Waals surface area contributed by atoms with Crippen molar-refractivity contribution in [1.82, 2.24) is 0 Å². The Balaban J connectivity index is 1.73. The number of rotatable bonds is 2. The van der Waals surface area contributed by atoms with Crippen LogP contribution in [0.5, 0.6) is 0 Å². The summed E-state index contributed by atoms with van der Waals surface area (Å²) >= 11 is 0. The van der Waals surface area contributed by atoms with Crippen LogP contribution in [-0.4, -0.2) is 0 Å². The first-order chi connectivity index (χ1) is 9.65. The van der Waals surface area contributed by atoms with Crippen LogP contribution in [0, 0.1) is 11.3 Å². The van der Waals surface area contributed by atoms with Crippen molar-refractivity contribution in [3.63, 3.8) is 0 Å². The monoisotopic (exact) mass is 266 g/mol. The van der Waals surface area contributed by atoms with Crippen molar-refractivity contribution in [3.8, 4) is 0 Å². The van der Waals surface area contributed by atoms with E-state index in [0.29, 0.717) is 5.41 Å². The van der Waals surface area contributed by atoms with Gasteiger partial charge in [-0.25, -0.2) is 0 Å². The number of benzene rings is 1. The van der Waals surface area contributed by atoms with Crippen LogP contribution in [0.25, 0.3) is 6.08 Å². The molecule has 0 amide bonds. The van der Waals surface area contributed by atoms with Crippen LogP contribution in [0.2, 0.25) is 0 Å². The SMILES string of the molecule is CC1(C)CCCC2=C1CC(C=Cc1ccccc1)CC2. The number of hydrogen-bond donors (Lipinski definition) is 0. The summed E-state index contributed by atoms with van der Waals surface area (Å²) in [4.78, 5) is 0. The van der Waals surface area contributed by atoms with E-state index in [1.807, 2.05) is 0 Å². The number of allylic oxidation sites excluding steroid dienone is 3. The van der Waals surface area contributed by atoms with Gasteiger partial charge in [-0.15, -0.1) is 0 Å². The summed E-state index contributed by atoms with van der Waals surface area (Å²) in [5, 5.41) is 0. The molecule has 0 aliphatic heterocycles. The lowest BCUT2D eigenvalue weighted by Crippen LogP contribution is -2.25. The van der Waals surface area contributed by atoms with Gasteiger partial charge in [0.25, 0.3) is 0 Å². The minimum Gasteiger partial charge on any atom is -0.0805 e. The third-order valence-electron chi connectivity index (χ3n) is 5.17. The molecule has 106 valence electrons. The largest absolute Gasteiger partial charge is 0.0805 e. The van der Waals surface area contributed by atoms with Crippen molar-refractivity contribution in [2.24, 2.45) is 11.3 Å². The molecule has 0 saturated carbocycles. The molecule has 0 heteroatoms. The minimum atomic E-state index is 0.451. The molecule has 0 aromatic heterocycles. The van der Waals surface area contributed by atoms with Crippen LogP contribution in [0.15, 0.2) is 47.6 Å². The van der Waals surface area contributed by atoms with Gasteiger partial charge in [0.05, 0.1) is 0 Å². The fraction of sp³-hybridized carbons (Fsp3) is 0.500. The van der Waals surface area contributed by atoms with Crippen molar-refractivity contribution in [1.29, 1.82) is 0 Å². The van der Waals surface area contributed by atoms with Gasteiger partial charge in [0.2, 0.25) is 0 Å². The van der Waals surface area contributed by atoms with Gasteiger partial charge < -0.3 is 0 Å². The van der Waals surface area contributed by atoms with E-state index in [-0.39, 0.29) is 0 Å². The van der Waals surface area contributed by atoms with Gasteiger partial charge >= 0.3 is 0 Å². The maximum Gasteiger partial charge on any atom is -0.0142 e. The molecule has 3 rings (SSSR count). The molecule has 2 aliphatic rings. The fourth-order valence-corrected chi connectivity index (χ4v) is 3.92. The molecule has 0 saturated heterocycles. The molecule has 20 heavy (non-hydrogen) atoms. The highest BCUT2D eigenvalue weighted by atomic mass is 14.4. The topological polar surface area (TPSA) is 0 Å². The third kappa shape index (κ3) is 2.90. The molecule has 0 radical (unpaired) electrons. The van der Waals surface area contributed by atoms with E-state index in [2.05, 4.69) is 56.3 Å². The highest BCUT2D eigenvalue weighted by Crippen LogP contribution is 2.48. The first-order valence-electron chi connectivity index (χ1n) is 8.10. The van der Waals surface area contributed by atoms with E-state index in [4.69, 9.17) is 0 Å². The Labute approximate surface area is 123 Å². The quantitative estimate of drug-likeness (QED) is 0.575. The lowest BCUT2D eigenvalue weighted by Gasteiger charge is -2.40. The van der Waals surface area contributed by atoms with Crippen LogP contribution in [-0.2, 0) is 0 Å². The Morgan fingerprint density at radius 2 is 1.90 bits per heavy atom. The maximum atomic E-state index is 2.45. The predicted octanol–water partition coefficient (Wildman–Crippen LogP) is 6.01.